The van der Waals surface area contributed by atoms with E-state index in [1.54, 1.807) is 24.3 Å². The lowest BCUT2D eigenvalue weighted by atomic mass is 10.1. The highest BCUT2D eigenvalue weighted by Gasteiger charge is 2.26. The van der Waals surface area contributed by atoms with Crippen molar-refractivity contribution in [1.29, 1.82) is 0 Å². The predicted molar refractivity (Wildman–Crippen MR) is 114 cm³/mol. The van der Waals surface area contributed by atoms with Crippen molar-refractivity contribution in [1.82, 2.24) is 0 Å². The quantitative estimate of drug-likeness (QED) is 0.377. The second-order valence-corrected chi connectivity index (χ2v) is 8.16. The molecule has 4 rings (SSSR count). The molecule has 156 valence electrons. The minimum absolute atomic E-state index is 0.244. The summed E-state index contributed by atoms with van der Waals surface area (Å²) < 4.78 is 15.6. The first-order valence-electron chi connectivity index (χ1n) is 9.74. The van der Waals surface area contributed by atoms with Gasteiger partial charge >= 0.3 is 11.6 Å². The Hall–Kier alpha value is -3.13. The second kappa shape index (κ2) is 8.71. The van der Waals surface area contributed by atoms with Crippen LogP contribution in [0.1, 0.15) is 40.1 Å². The van der Waals surface area contributed by atoms with E-state index in [2.05, 4.69) is 5.32 Å². The molecule has 3 aromatic rings. The van der Waals surface area contributed by atoms with Gasteiger partial charge in [-0.1, -0.05) is 6.42 Å². The van der Waals surface area contributed by atoms with E-state index >= 15 is 0 Å². The molecule has 1 amide bonds. The zero-order valence-electron chi connectivity index (χ0n) is 16.5. The fraction of sp³-hybridized carbons (Fsp3) is 0.318. The molecule has 7 nitrogen and oxygen atoms in total. The third kappa shape index (κ3) is 4.23. The second-order valence-electron chi connectivity index (χ2n) is 7.05. The molecule has 0 saturated carbocycles. The Bertz CT molecular complexity index is 1160. The van der Waals surface area contributed by atoms with Gasteiger partial charge in [0.15, 0.2) is 6.61 Å². The van der Waals surface area contributed by atoms with Crippen LogP contribution in [-0.2, 0) is 22.4 Å². The number of amides is 1. The molecular formula is C22H21NO6S. The number of rotatable bonds is 5. The third-order valence-corrected chi connectivity index (χ3v) is 6.24. The van der Waals surface area contributed by atoms with Crippen molar-refractivity contribution in [3.8, 4) is 5.75 Å². The first-order chi connectivity index (χ1) is 14.5. The summed E-state index contributed by atoms with van der Waals surface area (Å²) in [6, 6.07) is 8.02. The Balaban J connectivity index is 1.49. The highest BCUT2D eigenvalue weighted by atomic mass is 32.1. The van der Waals surface area contributed by atoms with Crippen LogP contribution >= 0.6 is 11.3 Å². The lowest BCUT2D eigenvalue weighted by molar-refractivity contribution is -0.118. The van der Waals surface area contributed by atoms with Crippen molar-refractivity contribution in [2.75, 3.05) is 19.0 Å². The maximum Gasteiger partial charge on any atom is 0.341 e. The van der Waals surface area contributed by atoms with Crippen LogP contribution in [0.4, 0.5) is 5.00 Å². The van der Waals surface area contributed by atoms with E-state index in [1.165, 1.54) is 24.5 Å². The summed E-state index contributed by atoms with van der Waals surface area (Å²) in [4.78, 5) is 37.4. The van der Waals surface area contributed by atoms with E-state index in [0.717, 1.165) is 47.9 Å². The highest BCUT2D eigenvalue weighted by Crippen LogP contribution is 2.38. The van der Waals surface area contributed by atoms with Crippen LogP contribution in [0.25, 0.3) is 11.0 Å². The van der Waals surface area contributed by atoms with Gasteiger partial charge in [0.2, 0.25) is 0 Å². The fourth-order valence-corrected chi connectivity index (χ4v) is 4.88. The molecule has 0 atom stereocenters. The van der Waals surface area contributed by atoms with Gasteiger partial charge in [-0.25, -0.2) is 9.59 Å². The Morgan fingerprint density at radius 1 is 1.13 bits per heavy atom. The number of carbonyl (C=O) groups is 2. The number of esters is 1. The van der Waals surface area contributed by atoms with Crippen LogP contribution in [0.3, 0.4) is 0 Å². The van der Waals surface area contributed by atoms with Crippen molar-refractivity contribution < 1.29 is 23.5 Å². The summed E-state index contributed by atoms with van der Waals surface area (Å²) in [5.74, 6) is -0.413. The lowest BCUT2D eigenvalue weighted by Crippen LogP contribution is -2.21. The molecule has 30 heavy (non-hydrogen) atoms. The molecule has 0 unspecified atom stereocenters. The Morgan fingerprint density at radius 3 is 2.77 bits per heavy atom. The topological polar surface area (TPSA) is 94.8 Å². The van der Waals surface area contributed by atoms with Crippen molar-refractivity contribution in [2.45, 2.75) is 32.1 Å². The molecule has 1 aromatic carbocycles. The van der Waals surface area contributed by atoms with E-state index in [4.69, 9.17) is 13.9 Å². The molecule has 1 aliphatic carbocycles. The minimum atomic E-state index is -0.454. The molecule has 0 aliphatic heterocycles. The largest absolute Gasteiger partial charge is 0.484 e. The van der Waals surface area contributed by atoms with Crippen LogP contribution in [0.5, 0.6) is 5.75 Å². The van der Waals surface area contributed by atoms with E-state index in [0.29, 0.717) is 21.9 Å². The van der Waals surface area contributed by atoms with Gasteiger partial charge in [0.1, 0.15) is 16.3 Å². The minimum Gasteiger partial charge on any atom is -0.484 e. The number of methoxy groups -OCH3 is 1. The van der Waals surface area contributed by atoms with Crippen molar-refractivity contribution in [3.05, 3.63) is 56.8 Å². The summed E-state index contributed by atoms with van der Waals surface area (Å²) in [5, 5.41) is 4.07. The third-order valence-electron chi connectivity index (χ3n) is 5.03. The maximum absolute atomic E-state index is 12.5. The van der Waals surface area contributed by atoms with Crippen LogP contribution in [0.15, 0.2) is 39.5 Å². The molecule has 0 saturated heterocycles. The first kappa shape index (κ1) is 20.2. The van der Waals surface area contributed by atoms with Gasteiger partial charge in [-0.15, -0.1) is 11.3 Å². The smallest absolute Gasteiger partial charge is 0.341 e. The number of thiophene rings is 1. The van der Waals surface area contributed by atoms with Crippen LogP contribution in [0.2, 0.25) is 0 Å². The van der Waals surface area contributed by atoms with Gasteiger partial charge in [-0.05, 0) is 49.4 Å². The average molecular weight is 427 g/mol. The van der Waals surface area contributed by atoms with E-state index < -0.39 is 11.6 Å². The standard InChI is InChI=1S/C22H21NO6S/c1-27-22(26)20-15-5-3-2-4-6-17(15)30-21(20)23-18(24)12-28-14-9-7-13-8-10-19(25)29-16(13)11-14/h7-11H,2-6,12H2,1H3,(H,23,24). The van der Waals surface area contributed by atoms with Gasteiger partial charge in [-0.2, -0.15) is 0 Å². The zero-order chi connectivity index (χ0) is 21.1. The summed E-state index contributed by atoms with van der Waals surface area (Å²) in [5.41, 5.74) is 1.38. The Kier molecular flexibility index (Phi) is 5.85. The van der Waals surface area contributed by atoms with E-state index in [1.807, 2.05) is 0 Å². The van der Waals surface area contributed by atoms with Crippen LogP contribution in [0, 0.1) is 0 Å². The molecule has 0 spiro atoms. The number of fused-ring (bicyclic) bond motifs is 2. The fourth-order valence-electron chi connectivity index (χ4n) is 3.59. The molecule has 8 heteroatoms. The Morgan fingerprint density at radius 2 is 1.93 bits per heavy atom. The molecule has 0 radical (unpaired) electrons. The molecular weight excluding hydrogens is 406 g/mol. The zero-order valence-corrected chi connectivity index (χ0v) is 17.3. The summed E-state index contributed by atoms with van der Waals surface area (Å²) in [6.07, 6.45) is 4.93. The maximum atomic E-state index is 12.5. The number of carbonyl (C=O) groups excluding carboxylic acids is 2. The SMILES string of the molecule is COC(=O)c1c(NC(=O)COc2ccc3ccc(=O)oc3c2)sc2c1CCCCC2. The normalized spacial score (nSPS) is 13.4. The average Bonchev–Trinajstić information content (AvgIpc) is 2.91. The number of hydrogen-bond donors (Lipinski definition) is 1. The monoisotopic (exact) mass is 427 g/mol. The summed E-state index contributed by atoms with van der Waals surface area (Å²) in [7, 11) is 1.34. The molecule has 0 fully saturated rings. The number of hydrogen-bond acceptors (Lipinski definition) is 7. The predicted octanol–water partition coefficient (Wildman–Crippen LogP) is 3.93. The van der Waals surface area contributed by atoms with Gasteiger partial charge < -0.3 is 19.2 Å². The highest BCUT2D eigenvalue weighted by molar-refractivity contribution is 7.17. The molecule has 2 aromatic heterocycles. The molecule has 0 bridgehead atoms. The van der Waals surface area contributed by atoms with Crippen LogP contribution in [-0.4, -0.2) is 25.6 Å². The van der Waals surface area contributed by atoms with Crippen LogP contribution < -0.4 is 15.7 Å². The van der Waals surface area contributed by atoms with Gasteiger partial charge in [0.05, 0.1) is 12.7 Å². The number of nitrogens with one attached hydrogen (secondary N) is 1. The van der Waals surface area contributed by atoms with Crippen molar-refractivity contribution in [2.24, 2.45) is 0 Å². The molecule has 1 N–H and O–H groups in total. The van der Waals surface area contributed by atoms with Crippen molar-refractivity contribution >= 4 is 39.2 Å². The number of benzene rings is 1. The number of ether oxygens (including phenoxy) is 2. The number of aryl methyl sites for hydroxylation is 1. The van der Waals surface area contributed by atoms with Gasteiger partial charge in [-0.3, -0.25) is 4.79 Å². The summed E-state index contributed by atoms with van der Waals surface area (Å²) >= 11 is 1.43. The van der Waals surface area contributed by atoms with Crippen molar-refractivity contribution in [3.63, 3.8) is 0 Å². The first-order valence-corrected chi connectivity index (χ1v) is 10.6. The van der Waals surface area contributed by atoms with E-state index in [9.17, 15) is 14.4 Å². The van der Waals surface area contributed by atoms with Gasteiger partial charge in [0, 0.05) is 22.4 Å². The lowest BCUT2D eigenvalue weighted by Gasteiger charge is -2.09. The van der Waals surface area contributed by atoms with Gasteiger partial charge in [0.25, 0.3) is 5.91 Å². The molecule has 2 heterocycles. The Labute approximate surface area is 176 Å². The number of anilines is 1. The van der Waals surface area contributed by atoms with E-state index in [-0.39, 0.29) is 12.5 Å². The summed E-state index contributed by atoms with van der Waals surface area (Å²) in [6.45, 7) is -0.244. The molecule has 1 aliphatic rings.